The van der Waals surface area contributed by atoms with Gasteiger partial charge in [-0.15, -0.1) is 11.3 Å². The van der Waals surface area contributed by atoms with Gasteiger partial charge < -0.3 is 10.6 Å². The van der Waals surface area contributed by atoms with Crippen LogP contribution in [0.25, 0.3) is 11.3 Å². The molecular formula is C23H19BrN4O3S2. The summed E-state index contributed by atoms with van der Waals surface area (Å²) in [6.45, 7) is 1.95. The average Bonchev–Trinajstić information content (AvgIpc) is 3.24. The lowest BCUT2D eigenvalue weighted by Gasteiger charge is -2.12. The third-order valence-electron chi connectivity index (χ3n) is 4.79. The van der Waals surface area contributed by atoms with E-state index in [1.54, 1.807) is 18.5 Å². The van der Waals surface area contributed by atoms with Crippen molar-refractivity contribution in [1.29, 1.82) is 0 Å². The summed E-state index contributed by atoms with van der Waals surface area (Å²) in [5.74, 6) is -0.356. The Kier molecular flexibility index (Phi) is 6.59. The number of nitrogens with zero attached hydrogens (tertiary/aromatic N) is 2. The molecule has 0 radical (unpaired) electrons. The minimum atomic E-state index is -3.54. The van der Waals surface area contributed by atoms with Gasteiger partial charge in [0.2, 0.25) is 0 Å². The quantitative estimate of drug-likeness (QED) is 0.325. The van der Waals surface area contributed by atoms with Crippen molar-refractivity contribution in [3.05, 3.63) is 81.9 Å². The van der Waals surface area contributed by atoms with Gasteiger partial charge >= 0.3 is 0 Å². The van der Waals surface area contributed by atoms with Crippen molar-refractivity contribution in [3.63, 3.8) is 0 Å². The number of hydrogen-bond donors (Lipinski definition) is 2. The molecule has 0 atom stereocenters. The van der Waals surface area contributed by atoms with E-state index in [2.05, 4.69) is 36.5 Å². The maximum absolute atomic E-state index is 12.8. The van der Waals surface area contributed by atoms with Gasteiger partial charge in [-0.3, -0.25) is 9.78 Å². The number of pyridine rings is 1. The molecule has 0 saturated carbocycles. The number of hydrogen-bond acceptors (Lipinski definition) is 7. The lowest BCUT2D eigenvalue weighted by atomic mass is 10.1. The van der Waals surface area contributed by atoms with E-state index < -0.39 is 9.84 Å². The van der Waals surface area contributed by atoms with Gasteiger partial charge in [-0.2, -0.15) is 0 Å². The molecule has 0 saturated heterocycles. The molecule has 0 aliphatic rings. The van der Waals surface area contributed by atoms with E-state index >= 15 is 0 Å². The normalized spacial score (nSPS) is 11.2. The number of nitrogens with one attached hydrogen (secondary N) is 2. The SMILES string of the molecule is Cc1ccc(NC(=O)c2ccc(S(C)(=O)=O)c(Nc3nc(-c4ccncc4)cs3)c2)cc1Br. The number of sulfone groups is 1. The maximum atomic E-state index is 12.8. The molecule has 0 spiro atoms. The summed E-state index contributed by atoms with van der Waals surface area (Å²) in [5.41, 5.74) is 3.91. The summed E-state index contributed by atoms with van der Waals surface area (Å²) in [7, 11) is -3.54. The van der Waals surface area contributed by atoms with Crippen LogP contribution in [0.4, 0.5) is 16.5 Å². The first-order valence-corrected chi connectivity index (χ1v) is 13.3. The van der Waals surface area contributed by atoms with Crippen LogP contribution in [0, 0.1) is 6.92 Å². The smallest absolute Gasteiger partial charge is 0.255 e. The van der Waals surface area contributed by atoms with Gasteiger partial charge in [0.1, 0.15) is 0 Å². The molecular weight excluding hydrogens is 524 g/mol. The third kappa shape index (κ3) is 5.47. The fourth-order valence-electron chi connectivity index (χ4n) is 3.07. The number of halogens is 1. The number of aromatic nitrogens is 2. The summed E-state index contributed by atoms with van der Waals surface area (Å²) in [6.07, 6.45) is 4.48. The van der Waals surface area contributed by atoms with Gasteiger partial charge in [0.05, 0.1) is 16.3 Å². The maximum Gasteiger partial charge on any atom is 0.255 e. The van der Waals surface area contributed by atoms with Crippen LogP contribution in [-0.2, 0) is 9.84 Å². The average molecular weight is 543 g/mol. The Hall–Kier alpha value is -3.08. The molecule has 4 aromatic rings. The van der Waals surface area contributed by atoms with Crippen LogP contribution in [0.2, 0.25) is 0 Å². The van der Waals surface area contributed by atoms with E-state index in [9.17, 15) is 13.2 Å². The van der Waals surface area contributed by atoms with Crippen LogP contribution < -0.4 is 10.6 Å². The highest BCUT2D eigenvalue weighted by atomic mass is 79.9. The molecule has 2 aromatic heterocycles. The predicted octanol–water partition coefficient (Wildman–Crippen LogP) is 5.68. The molecule has 168 valence electrons. The Labute approximate surface area is 204 Å². The van der Waals surface area contributed by atoms with Crippen LogP contribution >= 0.6 is 27.3 Å². The molecule has 2 N–H and O–H groups in total. The van der Waals surface area contributed by atoms with Crippen molar-refractivity contribution in [2.75, 3.05) is 16.9 Å². The molecule has 0 unspecified atom stereocenters. The second-order valence-corrected chi connectivity index (χ2v) is 11.0. The minimum Gasteiger partial charge on any atom is -0.330 e. The number of carbonyl (C=O) groups excluding carboxylic acids is 1. The van der Waals surface area contributed by atoms with Crippen molar-refractivity contribution < 1.29 is 13.2 Å². The molecule has 0 fully saturated rings. The van der Waals surface area contributed by atoms with E-state index in [1.165, 1.54) is 29.5 Å². The molecule has 1 amide bonds. The fourth-order valence-corrected chi connectivity index (χ4v) is 5.00. The minimum absolute atomic E-state index is 0.0813. The lowest BCUT2D eigenvalue weighted by molar-refractivity contribution is 0.102. The van der Waals surface area contributed by atoms with Gasteiger partial charge in [0.25, 0.3) is 5.91 Å². The zero-order valence-corrected chi connectivity index (χ0v) is 20.9. The van der Waals surface area contributed by atoms with E-state index in [-0.39, 0.29) is 16.5 Å². The molecule has 33 heavy (non-hydrogen) atoms. The molecule has 10 heteroatoms. The van der Waals surface area contributed by atoms with Crippen LogP contribution in [-0.4, -0.2) is 30.5 Å². The zero-order valence-electron chi connectivity index (χ0n) is 17.7. The van der Waals surface area contributed by atoms with Crippen molar-refractivity contribution in [3.8, 4) is 11.3 Å². The summed E-state index contributed by atoms with van der Waals surface area (Å²) >= 11 is 4.79. The van der Waals surface area contributed by atoms with Gasteiger partial charge in [-0.1, -0.05) is 22.0 Å². The zero-order chi connectivity index (χ0) is 23.6. The highest BCUT2D eigenvalue weighted by Gasteiger charge is 2.18. The second kappa shape index (κ2) is 9.42. The number of anilines is 3. The van der Waals surface area contributed by atoms with Crippen molar-refractivity contribution >= 4 is 59.5 Å². The van der Waals surface area contributed by atoms with Crippen LogP contribution in [0.3, 0.4) is 0 Å². The Balaban J connectivity index is 1.64. The van der Waals surface area contributed by atoms with E-state index in [1.807, 2.05) is 36.6 Å². The van der Waals surface area contributed by atoms with Gasteiger partial charge in [-0.05, 0) is 55.0 Å². The van der Waals surface area contributed by atoms with Gasteiger partial charge in [-0.25, -0.2) is 13.4 Å². The van der Waals surface area contributed by atoms with Crippen LogP contribution in [0.1, 0.15) is 15.9 Å². The number of thiazole rings is 1. The lowest BCUT2D eigenvalue weighted by Crippen LogP contribution is -2.13. The summed E-state index contributed by atoms with van der Waals surface area (Å²) in [6, 6.07) is 13.6. The Bertz CT molecular complexity index is 1440. The van der Waals surface area contributed by atoms with E-state index in [0.717, 1.165) is 27.5 Å². The third-order valence-corrected chi connectivity index (χ3v) is 7.56. The number of amides is 1. The summed E-state index contributed by atoms with van der Waals surface area (Å²) in [4.78, 5) is 21.5. The van der Waals surface area contributed by atoms with E-state index in [0.29, 0.717) is 16.4 Å². The number of aryl methyl sites for hydroxylation is 1. The number of benzene rings is 2. The fraction of sp³-hybridized carbons (Fsp3) is 0.0870. The molecule has 2 aromatic carbocycles. The highest BCUT2D eigenvalue weighted by molar-refractivity contribution is 9.10. The number of carbonyl (C=O) groups is 1. The summed E-state index contributed by atoms with van der Waals surface area (Å²) < 4.78 is 25.6. The van der Waals surface area contributed by atoms with Crippen molar-refractivity contribution in [1.82, 2.24) is 9.97 Å². The first-order chi connectivity index (χ1) is 15.7. The van der Waals surface area contributed by atoms with Crippen LogP contribution in [0.15, 0.2) is 75.7 Å². The van der Waals surface area contributed by atoms with Crippen molar-refractivity contribution in [2.24, 2.45) is 0 Å². The topological polar surface area (TPSA) is 101 Å². The molecule has 4 rings (SSSR count). The molecule has 0 aliphatic carbocycles. The molecule has 2 heterocycles. The molecule has 7 nitrogen and oxygen atoms in total. The van der Waals surface area contributed by atoms with Gasteiger partial charge in [0, 0.05) is 45.3 Å². The van der Waals surface area contributed by atoms with E-state index in [4.69, 9.17) is 0 Å². The van der Waals surface area contributed by atoms with Crippen LogP contribution in [0.5, 0.6) is 0 Å². The highest BCUT2D eigenvalue weighted by Crippen LogP contribution is 2.31. The first kappa shape index (κ1) is 23.1. The molecule has 0 aliphatic heterocycles. The second-order valence-electron chi connectivity index (χ2n) is 7.30. The molecule has 0 bridgehead atoms. The van der Waals surface area contributed by atoms with Gasteiger partial charge in [0.15, 0.2) is 15.0 Å². The van der Waals surface area contributed by atoms with Crippen molar-refractivity contribution in [2.45, 2.75) is 11.8 Å². The number of rotatable bonds is 6. The summed E-state index contributed by atoms with van der Waals surface area (Å²) in [5, 5.41) is 8.28. The Morgan fingerprint density at radius 2 is 1.82 bits per heavy atom. The standard InChI is InChI=1S/C23H19BrN4O3S2/c1-14-3-5-17(12-18(14)24)26-22(29)16-4-6-21(33(2,30)31)19(11-16)27-23-28-20(13-32-23)15-7-9-25-10-8-15/h3-13H,1-2H3,(H,26,29)(H,27,28). The predicted molar refractivity (Wildman–Crippen MR) is 135 cm³/mol. The first-order valence-electron chi connectivity index (χ1n) is 9.75. The Morgan fingerprint density at radius 3 is 2.52 bits per heavy atom. The monoisotopic (exact) mass is 542 g/mol. The Morgan fingerprint density at radius 1 is 1.06 bits per heavy atom. The largest absolute Gasteiger partial charge is 0.330 e.